The van der Waals surface area contributed by atoms with Crippen molar-refractivity contribution in [1.82, 2.24) is 10.6 Å². The number of guanidine groups is 1. The van der Waals surface area contributed by atoms with Crippen LogP contribution in [0.1, 0.15) is 5.56 Å². The zero-order valence-electron chi connectivity index (χ0n) is 15.6. The van der Waals surface area contributed by atoms with Crippen LogP contribution in [0, 0.1) is 0 Å². The highest BCUT2D eigenvalue weighted by Crippen LogP contribution is 2.38. The van der Waals surface area contributed by atoms with E-state index in [2.05, 4.69) is 25.7 Å². The third-order valence-electron chi connectivity index (χ3n) is 3.92. The van der Waals surface area contributed by atoms with Crippen molar-refractivity contribution in [2.45, 2.75) is 13.2 Å². The fourth-order valence-electron chi connectivity index (χ4n) is 2.60. The molecule has 0 unspecified atom stereocenters. The Morgan fingerprint density at radius 2 is 1.90 bits per heavy atom. The number of ether oxygens (including phenoxy) is 3. The SMILES string of the molecule is CN=C(NCC(=O)Nc1ccccc1)NCc1cc2c(cc1OC(F)F)OCO2. The molecule has 29 heavy (non-hydrogen) atoms. The maximum atomic E-state index is 12.7. The highest BCUT2D eigenvalue weighted by molar-refractivity contribution is 5.94. The predicted octanol–water partition coefficient (Wildman–Crippen LogP) is 2.32. The number of hydrogen-bond donors (Lipinski definition) is 3. The van der Waals surface area contributed by atoms with Gasteiger partial charge in [0.25, 0.3) is 0 Å². The number of hydrogen-bond acceptors (Lipinski definition) is 5. The summed E-state index contributed by atoms with van der Waals surface area (Å²) in [7, 11) is 1.53. The van der Waals surface area contributed by atoms with Gasteiger partial charge >= 0.3 is 6.61 Å². The Hall–Kier alpha value is -3.56. The number of nitrogens with one attached hydrogen (secondary N) is 3. The highest BCUT2D eigenvalue weighted by Gasteiger charge is 2.20. The molecule has 2 aromatic rings. The second-order valence-electron chi connectivity index (χ2n) is 5.89. The Bertz CT molecular complexity index is 878. The first-order valence-electron chi connectivity index (χ1n) is 8.72. The predicted molar refractivity (Wildman–Crippen MR) is 102 cm³/mol. The molecule has 3 rings (SSSR count). The van der Waals surface area contributed by atoms with Gasteiger partial charge in [-0.05, 0) is 18.2 Å². The van der Waals surface area contributed by atoms with Crippen LogP contribution >= 0.6 is 0 Å². The Balaban J connectivity index is 1.57. The van der Waals surface area contributed by atoms with Gasteiger partial charge in [0, 0.05) is 30.9 Å². The maximum absolute atomic E-state index is 12.7. The van der Waals surface area contributed by atoms with Gasteiger partial charge in [0.15, 0.2) is 17.5 Å². The molecule has 1 amide bonds. The number of aliphatic imine (C=N–C) groups is 1. The second-order valence-corrected chi connectivity index (χ2v) is 5.89. The van der Waals surface area contributed by atoms with Crippen molar-refractivity contribution in [3.63, 3.8) is 0 Å². The number of nitrogens with zero attached hydrogens (tertiary/aromatic N) is 1. The number of rotatable bonds is 7. The van der Waals surface area contributed by atoms with Crippen molar-refractivity contribution in [2.24, 2.45) is 4.99 Å². The molecule has 1 aliphatic rings. The first kappa shape index (κ1) is 20.2. The van der Waals surface area contributed by atoms with Crippen molar-refractivity contribution in [1.29, 1.82) is 0 Å². The minimum atomic E-state index is -2.98. The van der Waals surface area contributed by atoms with Gasteiger partial charge in [-0.3, -0.25) is 9.79 Å². The molecule has 0 saturated carbocycles. The van der Waals surface area contributed by atoms with Crippen LogP contribution in [0.15, 0.2) is 47.5 Å². The summed E-state index contributed by atoms with van der Waals surface area (Å²) < 4.78 is 40.5. The van der Waals surface area contributed by atoms with Gasteiger partial charge in [-0.25, -0.2) is 0 Å². The molecule has 8 nitrogen and oxygen atoms in total. The number of carbonyl (C=O) groups is 1. The molecule has 1 heterocycles. The third-order valence-corrected chi connectivity index (χ3v) is 3.92. The zero-order valence-corrected chi connectivity index (χ0v) is 15.6. The van der Waals surface area contributed by atoms with Gasteiger partial charge in [-0.1, -0.05) is 18.2 Å². The van der Waals surface area contributed by atoms with Crippen LogP contribution in [0.2, 0.25) is 0 Å². The summed E-state index contributed by atoms with van der Waals surface area (Å²) in [5.41, 5.74) is 1.10. The molecule has 1 aliphatic heterocycles. The van der Waals surface area contributed by atoms with E-state index < -0.39 is 6.61 Å². The topological polar surface area (TPSA) is 93.2 Å². The second kappa shape index (κ2) is 9.58. The number of alkyl halides is 2. The fourth-order valence-corrected chi connectivity index (χ4v) is 2.60. The van der Waals surface area contributed by atoms with Gasteiger partial charge in [0.05, 0.1) is 6.54 Å². The number of para-hydroxylation sites is 1. The van der Waals surface area contributed by atoms with E-state index in [4.69, 9.17) is 9.47 Å². The Morgan fingerprint density at radius 1 is 1.17 bits per heavy atom. The maximum Gasteiger partial charge on any atom is 0.387 e. The van der Waals surface area contributed by atoms with E-state index in [1.807, 2.05) is 18.2 Å². The molecule has 0 saturated heterocycles. The summed E-state index contributed by atoms with van der Waals surface area (Å²) in [4.78, 5) is 16.0. The fraction of sp³-hybridized carbons (Fsp3) is 0.263. The molecule has 10 heteroatoms. The average molecular weight is 406 g/mol. The Morgan fingerprint density at radius 3 is 2.59 bits per heavy atom. The number of benzene rings is 2. The van der Waals surface area contributed by atoms with Gasteiger partial charge in [-0.15, -0.1) is 0 Å². The van der Waals surface area contributed by atoms with Crippen LogP contribution in [0.4, 0.5) is 14.5 Å². The number of halogens is 2. The minimum Gasteiger partial charge on any atom is -0.454 e. The summed E-state index contributed by atoms with van der Waals surface area (Å²) in [5, 5.41) is 8.54. The van der Waals surface area contributed by atoms with E-state index in [1.54, 1.807) is 18.2 Å². The number of amides is 1. The smallest absolute Gasteiger partial charge is 0.387 e. The third kappa shape index (κ3) is 5.71. The summed E-state index contributed by atoms with van der Waals surface area (Å²) >= 11 is 0. The van der Waals surface area contributed by atoms with Crippen LogP contribution in [0.3, 0.4) is 0 Å². The van der Waals surface area contributed by atoms with E-state index in [9.17, 15) is 13.6 Å². The molecule has 0 bridgehead atoms. The molecular weight excluding hydrogens is 386 g/mol. The van der Waals surface area contributed by atoms with E-state index in [-0.39, 0.29) is 31.5 Å². The first-order chi connectivity index (χ1) is 14.0. The Kier molecular flexibility index (Phi) is 6.67. The van der Waals surface area contributed by atoms with Crippen LogP contribution in [0.5, 0.6) is 17.2 Å². The lowest BCUT2D eigenvalue weighted by molar-refractivity contribution is -0.115. The minimum absolute atomic E-state index is 0.0140. The van der Waals surface area contributed by atoms with Crippen molar-refractivity contribution in [3.8, 4) is 17.2 Å². The molecule has 0 atom stereocenters. The molecule has 0 radical (unpaired) electrons. The van der Waals surface area contributed by atoms with Gasteiger partial charge in [0.1, 0.15) is 5.75 Å². The lowest BCUT2D eigenvalue weighted by Gasteiger charge is -2.15. The highest BCUT2D eigenvalue weighted by atomic mass is 19.3. The van der Waals surface area contributed by atoms with E-state index in [0.717, 1.165) is 0 Å². The van der Waals surface area contributed by atoms with Crippen molar-refractivity contribution < 1.29 is 27.8 Å². The van der Waals surface area contributed by atoms with Gasteiger partial charge < -0.3 is 30.2 Å². The summed E-state index contributed by atoms with van der Waals surface area (Å²) in [6.07, 6.45) is 0. The summed E-state index contributed by atoms with van der Waals surface area (Å²) in [6, 6.07) is 11.9. The number of carbonyl (C=O) groups excluding carboxylic acids is 1. The average Bonchev–Trinajstić information content (AvgIpc) is 3.15. The normalized spacial score (nSPS) is 12.6. The molecule has 154 valence electrons. The molecule has 0 aromatic heterocycles. The van der Waals surface area contributed by atoms with Crippen LogP contribution in [0.25, 0.3) is 0 Å². The standard InChI is InChI=1S/C19H20F2N4O4/c1-22-19(24-10-17(26)25-13-5-3-2-4-6-13)23-9-12-7-15-16(28-11-27-15)8-14(12)29-18(20)21/h2-8,18H,9-11H2,1H3,(H,25,26)(H2,22,23,24). The lowest BCUT2D eigenvalue weighted by atomic mass is 10.1. The molecule has 3 N–H and O–H groups in total. The molecule has 0 spiro atoms. The monoisotopic (exact) mass is 406 g/mol. The van der Waals surface area contributed by atoms with Crippen molar-refractivity contribution >= 4 is 17.6 Å². The van der Waals surface area contributed by atoms with Crippen LogP contribution in [-0.2, 0) is 11.3 Å². The van der Waals surface area contributed by atoms with Crippen molar-refractivity contribution in [2.75, 3.05) is 25.7 Å². The summed E-state index contributed by atoms with van der Waals surface area (Å²) in [6.45, 7) is -2.89. The van der Waals surface area contributed by atoms with Gasteiger partial charge in [0.2, 0.25) is 12.7 Å². The largest absolute Gasteiger partial charge is 0.454 e. The molecular formula is C19H20F2N4O4. The van der Waals surface area contributed by atoms with E-state index in [1.165, 1.54) is 13.1 Å². The van der Waals surface area contributed by atoms with Crippen LogP contribution < -0.4 is 30.2 Å². The van der Waals surface area contributed by atoms with E-state index >= 15 is 0 Å². The lowest BCUT2D eigenvalue weighted by Crippen LogP contribution is -2.41. The summed E-state index contributed by atoms with van der Waals surface area (Å²) in [5.74, 6) is 0.796. The quantitative estimate of drug-likeness (QED) is 0.483. The zero-order chi connectivity index (χ0) is 20.6. The van der Waals surface area contributed by atoms with Gasteiger partial charge in [-0.2, -0.15) is 8.78 Å². The number of fused-ring (bicyclic) bond motifs is 1. The molecule has 0 fully saturated rings. The van der Waals surface area contributed by atoms with Crippen molar-refractivity contribution in [3.05, 3.63) is 48.0 Å². The molecule has 0 aliphatic carbocycles. The van der Waals surface area contributed by atoms with Crippen LogP contribution in [-0.4, -0.2) is 38.9 Å². The van der Waals surface area contributed by atoms with E-state index in [0.29, 0.717) is 28.7 Å². The molecule has 2 aromatic carbocycles. The number of anilines is 1. The Labute approximate surface area is 165 Å². The first-order valence-corrected chi connectivity index (χ1v) is 8.72.